The SMILES string of the molecule is O=C(CCc1nc(-c2cccs2)no1)NC1CCOc2ccccc21. The molecule has 1 N–H and O–H groups in total. The first-order valence-corrected chi connectivity index (χ1v) is 9.05. The molecule has 6 nitrogen and oxygen atoms in total. The van der Waals surface area contributed by atoms with Crippen molar-refractivity contribution in [3.63, 3.8) is 0 Å². The summed E-state index contributed by atoms with van der Waals surface area (Å²) in [5.74, 6) is 1.86. The highest BCUT2D eigenvalue weighted by Gasteiger charge is 2.22. The van der Waals surface area contributed by atoms with Gasteiger partial charge in [0.15, 0.2) is 0 Å². The van der Waals surface area contributed by atoms with Gasteiger partial charge >= 0.3 is 0 Å². The van der Waals surface area contributed by atoms with Gasteiger partial charge in [-0.05, 0) is 17.5 Å². The Balaban J connectivity index is 1.34. The number of thiophene rings is 1. The van der Waals surface area contributed by atoms with E-state index in [0.29, 0.717) is 31.2 Å². The second-order valence-corrected chi connectivity index (χ2v) is 6.73. The summed E-state index contributed by atoms with van der Waals surface area (Å²) in [6.07, 6.45) is 1.51. The van der Waals surface area contributed by atoms with E-state index in [2.05, 4.69) is 15.5 Å². The van der Waals surface area contributed by atoms with E-state index in [0.717, 1.165) is 22.6 Å². The van der Waals surface area contributed by atoms with Crippen molar-refractivity contribution in [2.24, 2.45) is 0 Å². The largest absolute Gasteiger partial charge is 0.493 e. The molecular formula is C18H17N3O3S. The lowest BCUT2D eigenvalue weighted by Crippen LogP contribution is -2.32. The van der Waals surface area contributed by atoms with Crippen LogP contribution in [0, 0.1) is 0 Å². The van der Waals surface area contributed by atoms with E-state index in [1.165, 1.54) is 0 Å². The smallest absolute Gasteiger partial charge is 0.227 e. The number of nitrogens with zero attached hydrogens (tertiary/aromatic N) is 2. The number of amides is 1. The van der Waals surface area contributed by atoms with Crippen LogP contribution in [0.15, 0.2) is 46.3 Å². The standard InChI is InChI=1S/C18H17N3O3S/c22-16(19-13-9-10-23-14-5-2-1-4-12(13)14)7-8-17-20-18(21-24-17)15-6-3-11-25-15/h1-6,11,13H,7-10H2,(H,19,22). The highest BCUT2D eigenvalue weighted by Crippen LogP contribution is 2.31. The number of nitrogens with one attached hydrogen (secondary N) is 1. The quantitative estimate of drug-likeness (QED) is 0.759. The van der Waals surface area contributed by atoms with Crippen LogP contribution in [0.5, 0.6) is 5.75 Å². The minimum absolute atomic E-state index is 0.0122. The van der Waals surface area contributed by atoms with E-state index >= 15 is 0 Å². The maximum Gasteiger partial charge on any atom is 0.227 e. The Hall–Kier alpha value is -2.67. The van der Waals surface area contributed by atoms with Gasteiger partial charge < -0.3 is 14.6 Å². The van der Waals surface area contributed by atoms with Crippen LogP contribution in [0.3, 0.4) is 0 Å². The molecule has 3 heterocycles. The first-order chi connectivity index (χ1) is 12.3. The van der Waals surface area contributed by atoms with Crippen molar-refractivity contribution in [1.82, 2.24) is 15.5 Å². The maximum absolute atomic E-state index is 12.3. The van der Waals surface area contributed by atoms with E-state index in [9.17, 15) is 4.79 Å². The molecule has 0 bridgehead atoms. The van der Waals surface area contributed by atoms with Crippen molar-refractivity contribution in [2.45, 2.75) is 25.3 Å². The third-order valence-electron chi connectivity index (χ3n) is 4.07. The Bertz CT molecular complexity index is 860. The van der Waals surface area contributed by atoms with Crippen LogP contribution in [-0.2, 0) is 11.2 Å². The number of ether oxygens (including phenoxy) is 1. The van der Waals surface area contributed by atoms with E-state index in [4.69, 9.17) is 9.26 Å². The average Bonchev–Trinajstić information content (AvgIpc) is 3.32. The van der Waals surface area contributed by atoms with Gasteiger partial charge in [-0.1, -0.05) is 29.4 Å². The maximum atomic E-state index is 12.3. The molecule has 1 atom stereocenters. The first kappa shape index (κ1) is 15.8. The molecule has 0 spiro atoms. The Morgan fingerprint density at radius 2 is 2.20 bits per heavy atom. The summed E-state index contributed by atoms with van der Waals surface area (Å²) in [5, 5.41) is 8.99. The predicted octanol–water partition coefficient (Wildman–Crippen LogP) is 3.37. The predicted molar refractivity (Wildman–Crippen MR) is 93.4 cm³/mol. The topological polar surface area (TPSA) is 77.2 Å². The van der Waals surface area contributed by atoms with Crippen LogP contribution in [0.25, 0.3) is 10.7 Å². The summed E-state index contributed by atoms with van der Waals surface area (Å²) in [7, 11) is 0. The molecule has 0 fully saturated rings. The molecule has 128 valence electrons. The van der Waals surface area contributed by atoms with Gasteiger partial charge in [-0.25, -0.2) is 0 Å². The summed E-state index contributed by atoms with van der Waals surface area (Å²) in [4.78, 5) is 17.6. The second kappa shape index (κ2) is 7.06. The average molecular weight is 355 g/mol. The van der Waals surface area contributed by atoms with E-state index in [1.807, 2.05) is 41.8 Å². The van der Waals surface area contributed by atoms with Crippen LogP contribution in [0.2, 0.25) is 0 Å². The lowest BCUT2D eigenvalue weighted by molar-refractivity contribution is -0.122. The van der Waals surface area contributed by atoms with Crippen LogP contribution in [0.4, 0.5) is 0 Å². The first-order valence-electron chi connectivity index (χ1n) is 8.17. The van der Waals surface area contributed by atoms with Crippen molar-refractivity contribution in [3.8, 4) is 16.5 Å². The number of aryl methyl sites for hydroxylation is 1. The van der Waals surface area contributed by atoms with Gasteiger partial charge in [0.2, 0.25) is 17.6 Å². The Kier molecular flexibility index (Phi) is 4.47. The molecule has 0 saturated carbocycles. The molecule has 3 aromatic rings. The number of aromatic nitrogens is 2. The summed E-state index contributed by atoms with van der Waals surface area (Å²) < 4.78 is 10.8. The summed E-state index contributed by atoms with van der Waals surface area (Å²) in [5.41, 5.74) is 1.03. The molecule has 1 aromatic carbocycles. The van der Waals surface area contributed by atoms with Gasteiger partial charge in [-0.3, -0.25) is 4.79 Å². The van der Waals surface area contributed by atoms with Gasteiger partial charge in [-0.15, -0.1) is 11.3 Å². The van der Waals surface area contributed by atoms with Gasteiger partial charge in [0.1, 0.15) is 5.75 Å². The monoisotopic (exact) mass is 355 g/mol. The van der Waals surface area contributed by atoms with Crippen molar-refractivity contribution in [3.05, 3.63) is 53.2 Å². The normalized spacial score (nSPS) is 16.1. The Morgan fingerprint density at radius 3 is 3.08 bits per heavy atom. The molecule has 7 heteroatoms. The highest BCUT2D eigenvalue weighted by atomic mass is 32.1. The van der Waals surface area contributed by atoms with Crippen LogP contribution < -0.4 is 10.1 Å². The number of hydrogen-bond acceptors (Lipinski definition) is 6. The second-order valence-electron chi connectivity index (χ2n) is 5.78. The van der Waals surface area contributed by atoms with Crippen LogP contribution >= 0.6 is 11.3 Å². The molecule has 1 amide bonds. The van der Waals surface area contributed by atoms with E-state index in [1.54, 1.807) is 11.3 Å². The summed E-state index contributed by atoms with van der Waals surface area (Å²) >= 11 is 1.55. The van der Waals surface area contributed by atoms with Gasteiger partial charge in [0.25, 0.3) is 0 Å². The Morgan fingerprint density at radius 1 is 1.28 bits per heavy atom. The van der Waals surface area contributed by atoms with Gasteiger partial charge in [0.05, 0.1) is 17.5 Å². The fourth-order valence-electron chi connectivity index (χ4n) is 2.84. The van der Waals surface area contributed by atoms with Gasteiger partial charge in [0, 0.05) is 24.8 Å². The zero-order valence-corrected chi connectivity index (χ0v) is 14.3. The summed E-state index contributed by atoms with van der Waals surface area (Å²) in [6, 6.07) is 11.7. The number of hydrogen-bond donors (Lipinski definition) is 1. The Labute approximate surface area is 148 Å². The molecule has 1 aliphatic rings. The number of para-hydroxylation sites is 1. The fraction of sp³-hybridized carbons (Fsp3) is 0.278. The minimum Gasteiger partial charge on any atom is -0.493 e. The number of fused-ring (bicyclic) bond motifs is 1. The highest BCUT2D eigenvalue weighted by molar-refractivity contribution is 7.13. The van der Waals surface area contributed by atoms with Crippen molar-refractivity contribution in [1.29, 1.82) is 0 Å². The van der Waals surface area contributed by atoms with Crippen molar-refractivity contribution in [2.75, 3.05) is 6.61 Å². The molecule has 2 aromatic heterocycles. The van der Waals surface area contributed by atoms with E-state index in [-0.39, 0.29) is 11.9 Å². The molecule has 1 aliphatic heterocycles. The molecule has 1 unspecified atom stereocenters. The zero-order chi connectivity index (χ0) is 17.1. The molecule has 25 heavy (non-hydrogen) atoms. The van der Waals surface area contributed by atoms with Crippen LogP contribution in [-0.4, -0.2) is 22.7 Å². The molecular weight excluding hydrogens is 338 g/mol. The molecule has 0 radical (unpaired) electrons. The summed E-state index contributed by atoms with van der Waals surface area (Å²) in [6.45, 7) is 0.607. The number of carbonyl (C=O) groups excluding carboxylic acids is 1. The van der Waals surface area contributed by atoms with Crippen molar-refractivity contribution < 1.29 is 14.1 Å². The molecule has 0 aliphatic carbocycles. The molecule has 4 rings (SSSR count). The minimum atomic E-state index is -0.0300. The lowest BCUT2D eigenvalue weighted by atomic mass is 10.0. The zero-order valence-electron chi connectivity index (χ0n) is 13.5. The third kappa shape index (κ3) is 3.56. The van der Waals surface area contributed by atoms with Crippen molar-refractivity contribution >= 4 is 17.2 Å². The lowest BCUT2D eigenvalue weighted by Gasteiger charge is -2.26. The fourth-order valence-corrected chi connectivity index (χ4v) is 3.49. The number of rotatable bonds is 5. The third-order valence-corrected chi connectivity index (χ3v) is 4.94. The van der Waals surface area contributed by atoms with Gasteiger partial charge in [-0.2, -0.15) is 4.98 Å². The van der Waals surface area contributed by atoms with Crippen LogP contribution in [0.1, 0.15) is 30.3 Å². The van der Waals surface area contributed by atoms with E-state index < -0.39 is 0 Å². The molecule has 0 saturated heterocycles. The number of benzene rings is 1. The number of carbonyl (C=O) groups is 1.